The Labute approximate surface area is 193 Å². The number of aromatic nitrogens is 2. The minimum Gasteiger partial charge on any atom is -0.497 e. The number of hydrogen-bond donors (Lipinski definition) is 0. The SMILES string of the molecule is COc1ccc(C2CCCN2C(=O)Cn2c(COc3ccccc3)nc3ccccc32)cc1. The van der Waals surface area contributed by atoms with Gasteiger partial charge in [0.15, 0.2) is 0 Å². The summed E-state index contributed by atoms with van der Waals surface area (Å²) in [6, 6.07) is 25.7. The van der Waals surface area contributed by atoms with E-state index in [1.807, 2.05) is 76.2 Å². The van der Waals surface area contributed by atoms with E-state index in [-0.39, 0.29) is 18.5 Å². The minimum absolute atomic E-state index is 0.0854. The van der Waals surface area contributed by atoms with Gasteiger partial charge < -0.3 is 18.9 Å². The number of amides is 1. The molecule has 0 spiro atoms. The molecule has 5 rings (SSSR count). The van der Waals surface area contributed by atoms with Gasteiger partial charge in [-0.15, -0.1) is 0 Å². The van der Waals surface area contributed by atoms with Gasteiger partial charge in [0.2, 0.25) is 5.91 Å². The summed E-state index contributed by atoms with van der Waals surface area (Å²) in [6.45, 7) is 1.30. The summed E-state index contributed by atoms with van der Waals surface area (Å²) in [4.78, 5) is 20.3. The number of para-hydroxylation sites is 3. The average Bonchev–Trinajstić information content (AvgIpc) is 3.49. The molecule has 1 unspecified atom stereocenters. The lowest BCUT2D eigenvalue weighted by atomic mass is 10.0. The van der Waals surface area contributed by atoms with E-state index in [9.17, 15) is 4.79 Å². The number of carbonyl (C=O) groups excluding carboxylic acids is 1. The Bertz CT molecular complexity index is 1230. The zero-order valence-corrected chi connectivity index (χ0v) is 18.7. The maximum atomic E-state index is 13.5. The van der Waals surface area contributed by atoms with Crippen molar-refractivity contribution >= 4 is 16.9 Å². The van der Waals surface area contributed by atoms with Crippen LogP contribution in [0.2, 0.25) is 0 Å². The first-order valence-corrected chi connectivity index (χ1v) is 11.3. The van der Waals surface area contributed by atoms with Gasteiger partial charge >= 0.3 is 0 Å². The van der Waals surface area contributed by atoms with Crippen molar-refractivity contribution in [1.29, 1.82) is 0 Å². The fraction of sp³-hybridized carbons (Fsp3) is 0.259. The highest BCUT2D eigenvalue weighted by Gasteiger charge is 2.30. The molecule has 0 radical (unpaired) electrons. The van der Waals surface area contributed by atoms with E-state index in [2.05, 4.69) is 12.1 Å². The van der Waals surface area contributed by atoms with Gasteiger partial charge in [-0.05, 0) is 54.8 Å². The summed E-state index contributed by atoms with van der Waals surface area (Å²) in [7, 11) is 1.66. The summed E-state index contributed by atoms with van der Waals surface area (Å²) in [5.74, 6) is 2.44. The monoisotopic (exact) mass is 441 g/mol. The van der Waals surface area contributed by atoms with Gasteiger partial charge in [-0.25, -0.2) is 4.98 Å². The van der Waals surface area contributed by atoms with Gasteiger partial charge in [0.25, 0.3) is 0 Å². The Hall–Kier alpha value is -3.80. The van der Waals surface area contributed by atoms with Crippen LogP contribution in [0.4, 0.5) is 0 Å². The number of fused-ring (bicyclic) bond motifs is 1. The van der Waals surface area contributed by atoms with Crippen molar-refractivity contribution in [3.63, 3.8) is 0 Å². The molecule has 0 N–H and O–H groups in total. The first-order valence-electron chi connectivity index (χ1n) is 11.3. The highest BCUT2D eigenvalue weighted by atomic mass is 16.5. The Kier molecular flexibility index (Phi) is 5.98. The molecule has 168 valence electrons. The Morgan fingerprint density at radius 1 is 0.970 bits per heavy atom. The number of carbonyl (C=O) groups is 1. The van der Waals surface area contributed by atoms with Crippen molar-refractivity contribution in [3.8, 4) is 11.5 Å². The number of benzene rings is 3. The van der Waals surface area contributed by atoms with E-state index in [1.165, 1.54) is 0 Å². The second kappa shape index (κ2) is 9.36. The average molecular weight is 442 g/mol. The zero-order chi connectivity index (χ0) is 22.6. The van der Waals surface area contributed by atoms with Crippen LogP contribution in [0.3, 0.4) is 0 Å². The predicted molar refractivity (Wildman–Crippen MR) is 127 cm³/mol. The van der Waals surface area contributed by atoms with Crippen LogP contribution in [0, 0.1) is 0 Å². The molecule has 1 aromatic heterocycles. The third kappa shape index (κ3) is 4.42. The molecule has 0 bridgehead atoms. The molecule has 1 fully saturated rings. The molecule has 33 heavy (non-hydrogen) atoms. The second-order valence-corrected chi connectivity index (χ2v) is 8.22. The number of methoxy groups -OCH3 is 1. The van der Waals surface area contributed by atoms with E-state index in [0.717, 1.165) is 53.3 Å². The zero-order valence-electron chi connectivity index (χ0n) is 18.7. The summed E-state index contributed by atoms with van der Waals surface area (Å²) in [5, 5.41) is 0. The molecule has 4 aromatic rings. The minimum atomic E-state index is 0.0854. The maximum absolute atomic E-state index is 13.5. The molecule has 0 saturated carbocycles. The molecule has 1 saturated heterocycles. The van der Waals surface area contributed by atoms with Gasteiger partial charge in [0, 0.05) is 6.54 Å². The Morgan fingerprint density at radius 3 is 2.52 bits per heavy atom. The summed E-state index contributed by atoms with van der Waals surface area (Å²) < 4.78 is 13.2. The van der Waals surface area contributed by atoms with Crippen LogP contribution in [-0.2, 0) is 17.9 Å². The van der Waals surface area contributed by atoms with Crippen molar-refractivity contribution in [2.75, 3.05) is 13.7 Å². The van der Waals surface area contributed by atoms with Gasteiger partial charge in [-0.1, -0.05) is 42.5 Å². The molecular formula is C27H27N3O3. The van der Waals surface area contributed by atoms with Crippen LogP contribution in [0.1, 0.15) is 30.3 Å². The lowest BCUT2D eigenvalue weighted by Gasteiger charge is -2.26. The topological polar surface area (TPSA) is 56.6 Å². The molecule has 3 aromatic carbocycles. The Morgan fingerprint density at radius 2 is 1.73 bits per heavy atom. The van der Waals surface area contributed by atoms with Crippen molar-refractivity contribution in [1.82, 2.24) is 14.5 Å². The molecule has 6 nitrogen and oxygen atoms in total. The number of ether oxygens (including phenoxy) is 2. The maximum Gasteiger partial charge on any atom is 0.243 e. The first kappa shape index (κ1) is 21.1. The van der Waals surface area contributed by atoms with Gasteiger partial charge in [0.1, 0.15) is 30.5 Å². The number of likely N-dealkylation sites (tertiary alicyclic amines) is 1. The van der Waals surface area contributed by atoms with Crippen LogP contribution in [0.25, 0.3) is 11.0 Å². The van der Waals surface area contributed by atoms with Crippen molar-refractivity contribution in [2.45, 2.75) is 32.0 Å². The molecule has 1 atom stereocenters. The third-order valence-corrected chi connectivity index (χ3v) is 6.21. The van der Waals surface area contributed by atoms with Crippen molar-refractivity contribution in [3.05, 3.63) is 90.3 Å². The third-order valence-electron chi connectivity index (χ3n) is 6.21. The molecule has 0 aliphatic carbocycles. The second-order valence-electron chi connectivity index (χ2n) is 8.22. The van der Waals surface area contributed by atoms with Crippen LogP contribution in [0.15, 0.2) is 78.9 Å². The largest absolute Gasteiger partial charge is 0.497 e. The number of imidazole rings is 1. The predicted octanol–water partition coefficient (Wildman–Crippen LogP) is 4.99. The van der Waals surface area contributed by atoms with Gasteiger partial charge in [0.05, 0.1) is 24.2 Å². The molecule has 2 heterocycles. The highest BCUT2D eigenvalue weighted by Crippen LogP contribution is 2.33. The molecule has 1 aliphatic rings. The van der Waals surface area contributed by atoms with Gasteiger partial charge in [-0.3, -0.25) is 4.79 Å². The quantitative estimate of drug-likeness (QED) is 0.406. The van der Waals surface area contributed by atoms with Crippen LogP contribution >= 0.6 is 0 Å². The van der Waals surface area contributed by atoms with E-state index < -0.39 is 0 Å². The van der Waals surface area contributed by atoms with Crippen LogP contribution in [-0.4, -0.2) is 34.0 Å². The highest BCUT2D eigenvalue weighted by molar-refractivity contribution is 5.81. The van der Waals surface area contributed by atoms with E-state index in [1.54, 1.807) is 7.11 Å². The number of hydrogen-bond acceptors (Lipinski definition) is 4. The first-order chi connectivity index (χ1) is 16.2. The molecule has 1 amide bonds. The summed E-state index contributed by atoms with van der Waals surface area (Å²) >= 11 is 0. The van der Waals surface area contributed by atoms with Gasteiger partial charge in [-0.2, -0.15) is 0 Å². The van der Waals surface area contributed by atoms with Crippen molar-refractivity contribution < 1.29 is 14.3 Å². The Balaban J connectivity index is 1.38. The van der Waals surface area contributed by atoms with E-state index >= 15 is 0 Å². The lowest BCUT2D eigenvalue weighted by Crippen LogP contribution is -2.33. The van der Waals surface area contributed by atoms with E-state index in [0.29, 0.717) is 6.61 Å². The van der Waals surface area contributed by atoms with E-state index in [4.69, 9.17) is 14.5 Å². The molecule has 1 aliphatic heterocycles. The van der Waals surface area contributed by atoms with Crippen molar-refractivity contribution in [2.24, 2.45) is 0 Å². The number of nitrogens with zero attached hydrogens (tertiary/aromatic N) is 3. The fourth-order valence-corrected chi connectivity index (χ4v) is 4.54. The summed E-state index contributed by atoms with van der Waals surface area (Å²) in [5.41, 5.74) is 2.95. The van der Waals surface area contributed by atoms with Crippen LogP contribution < -0.4 is 9.47 Å². The smallest absolute Gasteiger partial charge is 0.243 e. The lowest BCUT2D eigenvalue weighted by molar-refractivity contribution is -0.132. The number of rotatable bonds is 7. The standard InChI is InChI=1S/C27H27N3O3/c1-32-21-15-13-20(14-16-21)24-12-7-17-29(24)27(31)18-30-25-11-6-5-10-23(25)28-26(30)19-33-22-8-3-2-4-9-22/h2-6,8-11,13-16,24H,7,12,17-19H2,1H3. The summed E-state index contributed by atoms with van der Waals surface area (Å²) in [6.07, 6.45) is 1.96. The molecule has 6 heteroatoms. The fourth-order valence-electron chi connectivity index (χ4n) is 4.54. The molecular weight excluding hydrogens is 414 g/mol. The normalized spacial score (nSPS) is 15.7. The van der Waals surface area contributed by atoms with Crippen LogP contribution in [0.5, 0.6) is 11.5 Å².